The number of amides is 1. The highest BCUT2D eigenvalue weighted by atomic mass is 35.5. The van der Waals surface area contributed by atoms with Crippen LogP contribution in [-0.2, 0) is 11.2 Å². The highest BCUT2D eigenvalue weighted by Crippen LogP contribution is 2.22. The molecule has 0 aliphatic heterocycles. The summed E-state index contributed by atoms with van der Waals surface area (Å²) in [7, 11) is 1.58. The molecule has 0 spiro atoms. The Morgan fingerprint density at radius 3 is 2.94 bits per heavy atom. The van der Waals surface area contributed by atoms with Gasteiger partial charge in [0.2, 0.25) is 5.91 Å². The fraction of sp³-hybridized carbons (Fsp3) is 0.333. The van der Waals surface area contributed by atoms with Gasteiger partial charge in [-0.25, -0.2) is 0 Å². The number of rotatable bonds is 5. The molecule has 0 fully saturated rings. The number of nitrogens with one attached hydrogen (secondary N) is 1. The molecule has 0 atom stereocenters. The van der Waals surface area contributed by atoms with Crippen molar-refractivity contribution < 1.29 is 9.53 Å². The summed E-state index contributed by atoms with van der Waals surface area (Å²) in [4.78, 5) is 11.0. The number of hydrogen-bond donors (Lipinski definition) is 1. The van der Waals surface area contributed by atoms with E-state index in [1.807, 2.05) is 12.1 Å². The maximum Gasteiger partial charge on any atom is 0.234 e. The van der Waals surface area contributed by atoms with Gasteiger partial charge in [-0.2, -0.15) is 5.26 Å². The second-order valence-corrected chi connectivity index (χ2v) is 3.80. The molecular formula is C12H13ClN2O2. The molecule has 90 valence electrons. The summed E-state index contributed by atoms with van der Waals surface area (Å²) in [5.41, 5.74) is 0.935. The molecule has 1 amide bonds. The topological polar surface area (TPSA) is 62.1 Å². The lowest BCUT2D eigenvalue weighted by Crippen LogP contribution is -2.24. The maximum atomic E-state index is 11.0. The summed E-state index contributed by atoms with van der Waals surface area (Å²) in [6.45, 7) is 0.465. The first-order valence-electron chi connectivity index (χ1n) is 5.13. The van der Waals surface area contributed by atoms with Crippen LogP contribution in [0.5, 0.6) is 5.75 Å². The molecule has 0 radical (unpaired) electrons. The minimum Gasteiger partial charge on any atom is -0.497 e. The average Bonchev–Trinajstić information content (AvgIpc) is 2.31. The Bertz CT molecular complexity index is 441. The van der Waals surface area contributed by atoms with Crippen LogP contribution in [0.1, 0.15) is 12.0 Å². The van der Waals surface area contributed by atoms with E-state index in [-0.39, 0.29) is 12.3 Å². The van der Waals surface area contributed by atoms with Crippen molar-refractivity contribution in [3.05, 3.63) is 28.8 Å². The maximum absolute atomic E-state index is 11.0. The first-order chi connectivity index (χ1) is 8.17. The lowest BCUT2D eigenvalue weighted by atomic mass is 10.1. The van der Waals surface area contributed by atoms with Crippen molar-refractivity contribution in [3.63, 3.8) is 0 Å². The van der Waals surface area contributed by atoms with Gasteiger partial charge in [-0.3, -0.25) is 4.79 Å². The van der Waals surface area contributed by atoms with E-state index < -0.39 is 0 Å². The monoisotopic (exact) mass is 252 g/mol. The van der Waals surface area contributed by atoms with Gasteiger partial charge in [-0.1, -0.05) is 17.7 Å². The summed E-state index contributed by atoms with van der Waals surface area (Å²) in [5, 5.41) is 11.6. The third-order valence-corrected chi connectivity index (χ3v) is 2.57. The zero-order valence-electron chi connectivity index (χ0n) is 9.50. The highest BCUT2D eigenvalue weighted by Gasteiger charge is 2.03. The van der Waals surface area contributed by atoms with E-state index in [0.717, 1.165) is 5.56 Å². The summed E-state index contributed by atoms with van der Waals surface area (Å²) in [6, 6.07) is 7.19. The number of methoxy groups -OCH3 is 1. The third-order valence-electron chi connectivity index (χ3n) is 2.22. The summed E-state index contributed by atoms with van der Waals surface area (Å²) in [6.07, 6.45) is 0.510. The number of nitrogens with zero attached hydrogens (tertiary/aromatic N) is 1. The van der Waals surface area contributed by atoms with Crippen LogP contribution in [0.3, 0.4) is 0 Å². The van der Waals surface area contributed by atoms with Crippen molar-refractivity contribution in [1.82, 2.24) is 5.32 Å². The van der Waals surface area contributed by atoms with Gasteiger partial charge in [0.1, 0.15) is 12.2 Å². The third kappa shape index (κ3) is 4.33. The van der Waals surface area contributed by atoms with Crippen LogP contribution in [0.2, 0.25) is 5.02 Å². The Labute approximate surface area is 105 Å². The van der Waals surface area contributed by atoms with Crippen molar-refractivity contribution in [2.75, 3.05) is 13.7 Å². The Kier molecular flexibility index (Phi) is 5.31. The molecule has 0 heterocycles. The Balaban J connectivity index is 2.47. The molecule has 0 bridgehead atoms. The van der Waals surface area contributed by atoms with Gasteiger partial charge < -0.3 is 10.1 Å². The number of ether oxygens (including phenoxy) is 1. The molecule has 0 unspecified atom stereocenters. The number of benzene rings is 1. The SMILES string of the molecule is COc1ccc(CCNC(=O)CC#N)c(Cl)c1. The van der Waals surface area contributed by atoms with Crippen molar-refractivity contribution in [2.24, 2.45) is 0 Å². The number of hydrogen-bond acceptors (Lipinski definition) is 3. The zero-order valence-corrected chi connectivity index (χ0v) is 10.3. The Morgan fingerprint density at radius 1 is 1.59 bits per heavy atom. The van der Waals surface area contributed by atoms with Crippen molar-refractivity contribution in [3.8, 4) is 11.8 Å². The molecule has 0 aliphatic rings. The van der Waals surface area contributed by atoms with Crippen LogP contribution in [0.4, 0.5) is 0 Å². The van der Waals surface area contributed by atoms with E-state index in [4.69, 9.17) is 21.6 Å². The van der Waals surface area contributed by atoms with Gasteiger partial charge in [-0.05, 0) is 24.1 Å². The van der Waals surface area contributed by atoms with Gasteiger partial charge >= 0.3 is 0 Å². The molecule has 1 aromatic rings. The largest absolute Gasteiger partial charge is 0.497 e. The minimum absolute atomic E-state index is 0.115. The molecule has 0 aliphatic carbocycles. The fourth-order valence-corrected chi connectivity index (χ4v) is 1.59. The smallest absolute Gasteiger partial charge is 0.234 e. The van der Waals surface area contributed by atoms with E-state index in [1.54, 1.807) is 19.2 Å². The number of carbonyl (C=O) groups is 1. The van der Waals surface area contributed by atoms with Crippen LogP contribution in [0.25, 0.3) is 0 Å². The molecule has 0 saturated carbocycles. The lowest BCUT2D eigenvalue weighted by Gasteiger charge is -2.07. The molecule has 4 nitrogen and oxygen atoms in total. The normalized spacial score (nSPS) is 9.47. The Morgan fingerprint density at radius 2 is 2.35 bits per heavy atom. The second kappa shape index (κ2) is 6.77. The lowest BCUT2D eigenvalue weighted by molar-refractivity contribution is -0.120. The van der Waals surface area contributed by atoms with Gasteiger partial charge in [0.25, 0.3) is 0 Å². The molecular weight excluding hydrogens is 240 g/mol. The number of nitriles is 1. The van der Waals surface area contributed by atoms with E-state index in [9.17, 15) is 4.79 Å². The van der Waals surface area contributed by atoms with Gasteiger partial charge in [0.05, 0.1) is 13.2 Å². The van der Waals surface area contributed by atoms with Gasteiger partial charge in [-0.15, -0.1) is 0 Å². The Hall–Kier alpha value is -1.73. The fourth-order valence-electron chi connectivity index (χ4n) is 1.33. The predicted molar refractivity (Wildman–Crippen MR) is 64.9 cm³/mol. The van der Waals surface area contributed by atoms with E-state index in [2.05, 4.69) is 5.32 Å². The molecule has 0 saturated heterocycles. The molecule has 1 rings (SSSR count). The van der Waals surface area contributed by atoms with Crippen LogP contribution in [0, 0.1) is 11.3 Å². The first kappa shape index (κ1) is 13.3. The van der Waals surface area contributed by atoms with Crippen molar-refractivity contribution >= 4 is 17.5 Å². The van der Waals surface area contributed by atoms with Gasteiger partial charge in [0.15, 0.2) is 0 Å². The quantitative estimate of drug-likeness (QED) is 0.871. The van der Waals surface area contributed by atoms with E-state index >= 15 is 0 Å². The number of halogens is 1. The molecule has 5 heteroatoms. The predicted octanol–water partition coefficient (Wildman–Crippen LogP) is 1.92. The van der Waals surface area contributed by atoms with Crippen LogP contribution >= 0.6 is 11.6 Å². The van der Waals surface area contributed by atoms with Crippen LogP contribution in [0.15, 0.2) is 18.2 Å². The second-order valence-electron chi connectivity index (χ2n) is 3.39. The first-order valence-corrected chi connectivity index (χ1v) is 5.51. The highest BCUT2D eigenvalue weighted by molar-refractivity contribution is 6.31. The van der Waals surface area contributed by atoms with Crippen molar-refractivity contribution in [2.45, 2.75) is 12.8 Å². The molecule has 17 heavy (non-hydrogen) atoms. The zero-order chi connectivity index (χ0) is 12.7. The van der Waals surface area contributed by atoms with Crippen LogP contribution < -0.4 is 10.1 Å². The van der Waals surface area contributed by atoms with Gasteiger partial charge in [0, 0.05) is 11.6 Å². The van der Waals surface area contributed by atoms with E-state index in [0.29, 0.717) is 23.7 Å². The van der Waals surface area contributed by atoms with Crippen molar-refractivity contribution in [1.29, 1.82) is 5.26 Å². The molecule has 1 aromatic carbocycles. The van der Waals surface area contributed by atoms with Crippen LogP contribution in [-0.4, -0.2) is 19.6 Å². The summed E-state index contributed by atoms with van der Waals surface area (Å²) in [5.74, 6) is 0.435. The average molecular weight is 253 g/mol. The molecule has 1 N–H and O–H groups in total. The standard InChI is InChI=1S/C12H13ClN2O2/c1-17-10-3-2-9(11(13)8-10)5-7-15-12(16)4-6-14/h2-3,8H,4-5,7H2,1H3,(H,15,16). The van der Waals surface area contributed by atoms with E-state index in [1.165, 1.54) is 0 Å². The summed E-state index contributed by atoms with van der Waals surface area (Å²) < 4.78 is 5.03. The minimum atomic E-state index is -0.267. The molecule has 0 aromatic heterocycles. The number of carbonyl (C=O) groups excluding carboxylic acids is 1. The summed E-state index contributed by atoms with van der Waals surface area (Å²) >= 11 is 6.04.